The van der Waals surface area contributed by atoms with E-state index in [0.29, 0.717) is 17.9 Å². The maximum atomic E-state index is 12.6. The minimum Gasteiger partial charge on any atom is -0.397 e. The molecule has 1 aromatic heterocycles. The summed E-state index contributed by atoms with van der Waals surface area (Å²) >= 11 is 0. The Morgan fingerprint density at radius 1 is 1.33 bits per heavy atom. The van der Waals surface area contributed by atoms with E-state index in [1.165, 1.54) is 23.7 Å². The van der Waals surface area contributed by atoms with E-state index < -0.39 is 4.92 Å². The Labute approximate surface area is 120 Å². The number of nitro groups is 1. The van der Waals surface area contributed by atoms with Crippen molar-refractivity contribution in [2.24, 2.45) is 7.05 Å². The predicted molar refractivity (Wildman–Crippen MR) is 78.3 cm³/mol. The van der Waals surface area contributed by atoms with Gasteiger partial charge >= 0.3 is 5.82 Å². The second kappa shape index (κ2) is 4.62. The van der Waals surface area contributed by atoms with Gasteiger partial charge in [-0.05, 0) is 29.0 Å². The lowest BCUT2D eigenvalue weighted by Crippen LogP contribution is -2.31. The van der Waals surface area contributed by atoms with E-state index in [1.54, 1.807) is 11.0 Å². The summed E-state index contributed by atoms with van der Waals surface area (Å²) in [6, 6.07) is 8.34. The number of nitrogens with two attached hydrogens (primary N) is 1. The van der Waals surface area contributed by atoms with E-state index in [2.05, 4.69) is 0 Å². The highest BCUT2D eigenvalue weighted by Gasteiger charge is 2.31. The van der Waals surface area contributed by atoms with Gasteiger partial charge in [-0.3, -0.25) is 4.79 Å². The number of carbonyl (C=O) groups is 1. The van der Waals surface area contributed by atoms with E-state index >= 15 is 0 Å². The van der Waals surface area contributed by atoms with Crippen molar-refractivity contribution in [3.8, 4) is 0 Å². The normalized spacial score (nSPS) is 13.3. The number of rotatable bonds is 2. The van der Waals surface area contributed by atoms with Crippen LogP contribution in [0, 0.1) is 10.1 Å². The highest BCUT2D eigenvalue weighted by atomic mass is 16.6. The van der Waals surface area contributed by atoms with Gasteiger partial charge in [0.05, 0.1) is 18.4 Å². The summed E-state index contributed by atoms with van der Waals surface area (Å²) in [5, 5.41) is 10.9. The summed E-state index contributed by atoms with van der Waals surface area (Å²) in [4.78, 5) is 24.6. The molecule has 0 saturated heterocycles. The topological polar surface area (TPSA) is 94.4 Å². The van der Waals surface area contributed by atoms with Gasteiger partial charge in [-0.1, -0.05) is 12.1 Å². The molecule has 0 radical (unpaired) electrons. The Morgan fingerprint density at radius 3 is 2.76 bits per heavy atom. The van der Waals surface area contributed by atoms with Crippen molar-refractivity contribution in [1.29, 1.82) is 0 Å². The Bertz CT molecular complexity index is 751. The van der Waals surface area contributed by atoms with Gasteiger partial charge in [0.15, 0.2) is 5.69 Å². The van der Waals surface area contributed by atoms with Crippen LogP contribution in [0.3, 0.4) is 0 Å². The monoisotopic (exact) mass is 286 g/mol. The summed E-state index contributed by atoms with van der Waals surface area (Å²) < 4.78 is 1.29. The first-order valence-electron chi connectivity index (χ1n) is 6.50. The Kier molecular flexibility index (Phi) is 2.90. The second-order valence-electron chi connectivity index (χ2n) is 4.95. The molecular weight excluding hydrogens is 272 g/mol. The molecule has 0 unspecified atom stereocenters. The molecule has 0 atom stereocenters. The lowest BCUT2D eigenvalue weighted by Gasteiger charge is -2.17. The van der Waals surface area contributed by atoms with Gasteiger partial charge < -0.3 is 20.7 Å². The molecule has 0 bridgehead atoms. The lowest BCUT2D eigenvalue weighted by molar-refractivity contribution is -0.391. The van der Waals surface area contributed by atoms with Gasteiger partial charge in [-0.25, -0.2) is 4.57 Å². The summed E-state index contributed by atoms with van der Waals surface area (Å²) in [6.45, 7) is 0.529. The minimum absolute atomic E-state index is 0.112. The zero-order valence-corrected chi connectivity index (χ0v) is 11.4. The summed E-state index contributed by atoms with van der Waals surface area (Å²) in [5.74, 6) is -0.388. The van der Waals surface area contributed by atoms with Crippen LogP contribution in [0.1, 0.15) is 16.1 Å². The SMILES string of the molecule is Cn1c(C(=O)N2CCc3cccc(N)c32)ccc1[N+](=O)[O-]. The van der Waals surface area contributed by atoms with Crippen molar-refractivity contribution in [3.63, 3.8) is 0 Å². The fraction of sp³-hybridized carbons (Fsp3) is 0.214. The molecule has 0 fully saturated rings. The largest absolute Gasteiger partial charge is 0.397 e. The number of amides is 1. The van der Waals surface area contributed by atoms with Crippen molar-refractivity contribution in [3.05, 3.63) is 51.7 Å². The number of fused-ring (bicyclic) bond motifs is 1. The molecule has 2 N–H and O–H groups in total. The fourth-order valence-electron chi connectivity index (χ4n) is 2.73. The lowest BCUT2D eigenvalue weighted by atomic mass is 10.1. The first-order valence-corrected chi connectivity index (χ1v) is 6.50. The molecule has 0 aliphatic carbocycles. The smallest absolute Gasteiger partial charge is 0.323 e. The quantitative estimate of drug-likeness (QED) is 0.516. The maximum absolute atomic E-state index is 12.6. The van der Waals surface area contributed by atoms with Crippen molar-refractivity contribution in [1.82, 2.24) is 4.57 Å². The van der Waals surface area contributed by atoms with Crippen LogP contribution < -0.4 is 10.6 Å². The molecule has 108 valence electrons. The Hall–Kier alpha value is -2.83. The molecule has 7 nitrogen and oxygen atoms in total. The molecule has 1 aromatic carbocycles. The standard InChI is InChI=1S/C14H14N4O3/c1-16-11(5-6-12(16)18(20)21)14(19)17-8-7-9-3-2-4-10(15)13(9)17/h2-6H,7-8,15H2,1H3. The maximum Gasteiger partial charge on any atom is 0.323 e. The zero-order chi connectivity index (χ0) is 15.1. The fourth-order valence-corrected chi connectivity index (χ4v) is 2.73. The zero-order valence-electron chi connectivity index (χ0n) is 11.4. The van der Waals surface area contributed by atoms with Gasteiger partial charge in [0.25, 0.3) is 5.91 Å². The minimum atomic E-state index is -0.511. The second-order valence-corrected chi connectivity index (χ2v) is 4.95. The van der Waals surface area contributed by atoms with E-state index in [-0.39, 0.29) is 17.4 Å². The number of para-hydroxylation sites is 1. The molecule has 3 rings (SSSR count). The average Bonchev–Trinajstić information content (AvgIpc) is 3.02. The van der Waals surface area contributed by atoms with E-state index in [1.807, 2.05) is 12.1 Å². The molecule has 2 heterocycles. The molecule has 7 heteroatoms. The molecule has 0 spiro atoms. The van der Waals surface area contributed by atoms with Crippen LogP contribution in [0.2, 0.25) is 0 Å². The van der Waals surface area contributed by atoms with Crippen LogP contribution in [0.15, 0.2) is 30.3 Å². The number of nitrogens with zero attached hydrogens (tertiary/aromatic N) is 3. The van der Waals surface area contributed by atoms with Crippen molar-refractivity contribution in [2.45, 2.75) is 6.42 Å². The van der Waals surface area contributed by atoms with Gasteiger partial charge in [0.1, 0.15) is 0 Å². The van der Waals surface area contributed by atoms with Crippen molar-refractivity contribution in [2.75, 3.05) is 17.2 Å². The predicted octanol–water partition coefficient (Wildman–Crippen LogP) is 1.72. The third-order valence-electron chi connectivity index (χ3n) is 3.77. The summed E-state index contributed by atoms with van der Waals surface area (Å²) in [7, 11) is 1.51. The number of hydrogen-bond acceptors (Lipinski definition) is 4. The van der Waals surface area contributed by atoms with Gasteiger partial charge in [-0.2, -0.15) is 0 Å². The third kappa shape index (κ3) is 1.94. The Morgan fingerprint density at radius 2 is 2.10 bits per heavy atom. The van der Waals surface area contributed by atoms with Crippen LogP contribution in [0.25, 0.3) is 0 Å². The molecule has 1 amide bonds. The number of nitrogen functional groups attached to an aromatic ring is 1. The Balaban J connectivity index is 2.01. The molecule has 21 heavy (non-hydrogen) atoms. The van der Waals surface area contributed by atoms with E-state index in [0.717, 1.165) is 12.0 Å². The van der Waals surface area contributed by atoms with Crippen LogP contribution in [0.5, 0.6) is 0 Å². The van der Waals surface area contributed by atoms with E-state index in [9.17, 15) is 14.9 Å². The number of benzene rings is 1. The molecular formula is C14H14N4O3. The number of hydrogen-bond donors (Lipinski definition) is 1. The number of carbonyl (C=O) groups excluding carboxylic acids is 1. The van der Waals surface area contributed by atoms with Crippen molar-refractivity contribution < 1.29 is 9.72 Å². The summed E-state index contributed by atoms with van der Waals surface area (Å²) in [6.07, 6.45) is 0.735. The number of anilines is 2. The highest BCUT2D eigenvalue weighted by Crippen LogP contribution is 2.34. The highest BCUT2D eigenvalue weighted by molar-refractivity contribution is 6.08. The number of aromatic nitrogens is 1. The van der Waals surface area contributed by atoms with E-state index in [4.69, 9.17) is 5.73 Å². The van der Waals surface area contributed by atoms with Crippen molar-refractivity contribution >= 4 is 23.1 Å². The van der Waals surface area contributed by atoms with Crippen LogP contribution in [-0.4, -0.2) is 21.9 Å². The van der Waals surface area contributed by atoms with Crippen LogP contribution >= 0.6 is 0 Å². The van der Waals surface area contributed by atoms with Crippen LogP contribution in [0.4, 0.5) is 17.2 Å². The van der Waals surface area contributed by atoms with Gasteiger partial charge in [0.2, 0.25) is 0 Å². The third-order valence-corrected chi connectivity index (χ3v) is 3.77. The average molecular weight is 286 g/mol. The first-order chi connectivity index (χ1) is 10.0. The van der Waals surface area contributed by atoms with Gasteiger partial charge in [-0.15, -0.1) is 0 Å². The van der Waals surface area contributed by atoms with Gasteiger partial charge in [0, 0.05) is 12.6 Å². The molecule has 1 aliphatic heterocycles. The molecule has 2 aromatic rings. The van der Waals surface area contributed by atoms with Crippen LogP contribution in [-0.2, 0) is 13.5 Å². The first kappa shape index (κ1) is 13.2. The summed E-state index contributed by atoms with van der Waals surface area (Å²) in [5.41, 5.74) is 8.51. The molecule has 1 aliphatic rings. The molecule has 0 saturated carbocycles.